The Bertz CT molecular complexity index is 345. The van der Waals surface area contributed by atoms with Crippen LogP contribution >= 0.6 is 0 Å². The van der Waals surface area contributed by atoms with Gasteiger partial charge >= 0.3 is 0 Å². The highest BCUT2D eigenvalue weighted by atomic mass is 16.3. The van der Waals surface area contributed by atoms with Crippen LogP contribution in [0.5, 0.6) is 5.75 Å². The first kappa shape index (κ1) is 12.4. The summed E-state index contributed by atoms with van der Waals surface area (Å²) in [5.41, 5.74) is 1.16. The van der Waals surface area contributed by atoms with E-state index in [4.69, 9.17) is 0 Å². The van der Waals surface area contributed by atoms with Crippen molar-refractivity contribution in [3.8, 4) is 5.75 Å². The van der Waals surface area contributed by atoms with Crippen molar-refractivity contribution in [2.45, 2.75) is 51.6 Å². The lowest BCUT2D eigenvalue weighted by molar-refractivity contribution is 0.280. The van der Waals surface area contributed by atoms with Gasteiger partial charge in [-0.3, -0.25) is 0 Å². The minimum atomic E-state index is 0.356. The van der Waals surface area contributed by atoms with Crippen LogP contribution in [-0.2, 0) is 6.54 Å². The van der Waals surface area contributed by atoms with Crippen LogP contribution in [0.25, 0.3) is 0 Å². The second-order valence-corrected chi connectivity index (χ2v) is 5.24. The summed E-state index contributed by atoms with van der Waals surface area (Å²) in [5, 5.41) is 13.0. The third kappa shape index (κ3) is 3.74. The maximum absolute atomic E-state index is 9.40. The molecule has 2 nitrogen and oxygen atoms in total. The zero-order valence-corrected chi connectivity index (χ0v) is 10.7. The molecule has 1 atom stereocenters. The molecule has 1 aromatic carbocycles. The van der Waals surface area contributed by atoms with Gasteiger partial charge in [0.25, 0.3) is 0 Å². The topological polar surface area (TPSA) is 32.3 Å². The van der Waals surface area contributed by atoms with Crippen molar-refractivity contribution in [2.24, 2.45) is 5.92 Å². The lowest BCUT2D eigenvalue weighted by Crippen LogP contribution is -2.34. The van der Waals surface area contributed by atoms with E-state index in [9.17, 15) is 5.11 Å². The van der Waals surface area contributed by atoms with Crippen molar-refractivity contribution in [3.63, 3.8) is 0 Å². The maximum Gasteiger partial charge on any atom is 0.115 e. The summed E-state index contributed by atoms with van der Waals surface area (Å²) in [7, 11) is 0. The lowest BCUT2D eigenvalue weighted by atomic mass is 9.84. The molecule has 1 saturated carbocycles. The van der Waals surface area contributed by atoms with Crippen molar-refractivity contribution < 1.29 is 5.11 Å². The first-order chi connectivity index (χ1) is 8.25. The van der Waals surface area contributed by atoms with E-state index in [-0.39, 0.29) is 0 Å². The van der Waals surface area contributed by atoms with Crippen LogP contribution in [0.1, 0.15) is 44.6 Å². The SMILES string of the molecule is C[C@H](NCc1cccc(O)c1)C1CCCCC1. The molecule has 0 spiro atoms. The Morgan fingerprint density at radius 1 is 1.29 bits per heavy atom. The standard InChI is InChI=1S/C15H23NO/c1-12(14-7-3-2-4-8-14)16-11-13-6-5-9-15(17)10-13/h5-6,9-10,12,14,16-17H,2-4,7-8,11H2,1H3/t12-/m0/s1. The van der Waals surface area contributed by atoms with Crippen molar-refractivity contribution in [2.75, 3.05) is 0 Å². The number of nitrogens with one attached hydrogen (secondary N) is 1. The Kier molecular flexibility index (Phi) is 4.43. The summed E-state index contributed by atoms with van der Waals surface area (Å²) in [4.78, 5) is 0. The predicted molar refractivity (Wildman–Crippen MR) is 71.0 cm³/mol. The number of hydrogen-bond donors (Lipinski definition) is 2. The Morgan fingerprint density at radius 3 is 2.76 bits per heavy atom. The number of phenolic OH excluding ortho intramolecular Hbond substituents is 1. The van der Waals surface area contributed by atoms with Crippen LogP contribution in [0, 0.1) is 5.92 Å². The molecule has 0 amide bonds. The third-order valence-electron chi connectivity index (χ3n) is 3.90. The Balaban J connectivity index is 1.80. The molecule has 0 radical (unpaired) electrons. The normalized spacial score (nSPS) is 19.1. The van der Waals surface area contributed by atoms with Gasteiger partial charge in [0, 0.05) is 12.6 Å². The van der Waals surface area contributed by atoms with E-state index < -0.39 is 0 Å². The van der Waals surface area contributed by atoms with Gasteiger partial charge < -0.3 is 10.4 Å². The summed E-state index contributed by atoms with van der Waals surface area (Å²) < 4.78 is 0. The fourth-order valence-electron chi connectivity index (χ4n) is 2.75. The first-order valence-corrected chi connectivity index (χ1v) is 6.77. The molecule has 0 aliphatic heterocycles. The molecule has 17 heavy (non-hydrogen) atoms. The van der Waals surface area contributed by atoms with Crippen molar-refractivity contribution in [3.05, 3.63) is 29.8 Å². The van der Waals surface area contributed by atoms with E-state index in [2.05, 4.69) is 18.3 Å². The molecule has 2 N–H and O–H groups in total. The molecule has 1 aromatic rings. The van der Waals surface area contributed by atoms with Crippen LogP contribution < -0.4 is 5.32 Å². The molecule has 0 saturated heterocycles. The lowest BCUT2D eigenvalue weighted by Gasteiger charge is -2.28. The van der Waals surface area contributed by atoms with E-state index in [1.165, 1.54) is 32.1 Å². The molecule has 0 aromatic heterocycles. The van der Waals surface area contributed by atoms with E-state index in [0.717, 1.165) is 18.0 Å². The van der Waals surface area contributed by atoms with E-state index in [0.29, 0.717) is 11.8 Å². The largest absolute Gasteiger partial charge is 0.508 e. The molecule has 0 heterocycles. The smallest absolute Gasteiger partial charge is 0.115 e. The van der Waals surface area contributed by atoms with Crippen molar-refractivity contribution in [1.82, 2.24) is 5.32 Å². The van der Waals surface area contributed by atoms with Gasteiger partial charge in [-0.1, -0.05) is 31.4 Å². The molecule has 0 bridgehead atoms. The van der Waals surface area contributed by atoms with Crippen LogP contribution in [0.3, 0.4) is 0 Å². The summed E-state index contributed by atoms with van der Waals surface area (Å²) in [5.74, 6) is 1.19. The van der Waals surface area contributed by atoms with Crippen molar-refractivity contribution >= 4 is 0 Å². The van der Waals surface area contributed by atoms with Gasteiger partial charge in [0.2, 0.25) is 0 Å². The molecule has 1 aliphatic rings. The van der Waals surface area contributed by atoms with Gasteiger partial charge in [-0.15, -0.1) is 0 Å². The van der Waals surface area contributed by atoms with Crippen LogP contribution in [0.15, 0.2) is 24.3 Å². The third-order valence-corrected chi connectivity index (χ3v) is 3.90. The Labute approximate surface area is 104 Å². The second kappa shape index (κ2) is 6.06. The fourth-order valence-corrected chi connectivity index (χ4v) is 2.75. The summed E-state index contributed by atoms with van der Waals surface area (Å²) >= 11 is 0. The summed E-state index contributed by atoms with van der Waals surface area (Å²) in [6, 6.07) is 8.09. The maximum atomic E-state index is 9.40. The van der Waals surface area contributed by atoms with Crippen molar-refractivity contribution in [1.29, 1.82) is 0 Å². The van der Waals surface area contributed by atoms with Gasteiger partial charge in [-0.05, 0) is 43.4 Å². The highest BCUT2D eigenvalue weighted by Gasteiger charge is 2.19. The number of rotatable bonds is 4. The van der Waals surface area contributed by atoms with Crippen LogP contribution in [0.2, 0.25) is 0 Å². The first-order valence-electron chi connectivity index (χ1n) is 6.77. The molecule has 2 heteroatoms. The number of hydrogen-bond acceptors (Lipinski definition) is 2. The molecular formula is C15H23NO. The fraction of sp³-hybridized carbons (Fsp3) is 0.600. The molecule has 2 rings (SSSR count). The van der Waals surface area contributed by atoms with Gasteiger partial charge in [0.1, 0.15) is 5.75 Å². The average molecular weight is 233 g/mol. The number of phenols is 1. The predicted octanol–water partition coefficient (Wildman–Crippen LogP) is 3.45. The Hall–Kier alpha value is -1.02. The monoisotopic (exact) mass is 233 g/mol. The molecule has 1 fully saturated rings. The van der Waals surface area contributed by atoms with E-state index >= 15 is 0 Å². The highest BCUT2D eigenvalue weighted by molar-refractivity contribution is 5.26. The molecule has 0 unspecified atom stereocenters. The van der Waals surface area contributed by atoms with Gasteiger partial charge in [-0.25, -0.2) is 0 Å². The second-order valence-electron chi connectivity index (χ2n) is 5.24. The number of aromatic hydroxyl groups is 1. The van der Waals surface area contributed by atoms with Gasteiger partial charge in [-0.2, -0.15) is 0 Å². The molecular weight excluding hydrogens is 210 g/mol. The van der Waals surface area contributed by atoms with Gasteiger partial charge in [0.05, 0.1) is 0 Å². The Morgan fingerprint density at radius 2 is 2.06 bits per heavy atom. The summed E-state index contributed by atoms with van der Waals surface area (Å²) in [6.45, 7) is 3.14. The zero-order valence-electron chi connectivity index (χ0n) is 10.7. The minimum Gasteiger partial charge on any atom is -0.508 e. The zero-order chi connectivity index (χ0) is 12.1. The van der Waals surface area contributed by atoms with E-state index in [1.54, 1.807) is 6.07 Å². The minimum absolute atomic E-state index is 0.356. The summed E-state index contributed by atoms with van der Waals surface area (Å²) in [6.07, 6.45) is 6.93. The quantitative estimate of drug-likeness (QED) is 0.835. The average Bonchev–Trinajstić information content (AvgIpc) is 2.37. The van der Waals surface area contributed by atoms with Crippen LogP contribution in [0.4, 0.5) is 0 Å². The number of benzene rings is 1. The van der Waals surface area contributed by atoms with Crippen LogP contribution in [-0.4, -0.2) is 11.1 Å². The van der Waals surface area contributed by atoms with Gasteiger partial charge in [0.15, 0.2) is 0 Å². The molecule has 94 valence electrons. The highest BCUT2D eigenvalue weighted by Crippen LogP contribution is 2.26. The van der Waals surface area contributed by atoms with E-state index in [1.807, 2.05) is 12.1 Å². The molecule has 1 aliphatic carbocycles.